The van der Waals surface area contributed by atoms with E-state index < -0.39 is 23.8 Å². The van der Waals surface area contributed by atoms with Crippen molar-refractivity contribution >= 4 is 27.3 Å². The monoisotopic (exact) mass is 425 g/mol. The van der Waals surface area contributed by atoms with Crippen LogP contribution in [0.5, 0.6) is 0 Å². The maximum atomic E-state index is 9.38. The fourth-order valence-corrected chi connectivity index (χ4v) is 2.38. The molecule has 0 aliphatic rings. The molecule has 1 nitrogen and oxygen atoms in total. The summed E-state index contributed by atoms with van der Waals surface area (Å²) in [4.78, 5) is 9.38. The molecule has 13 heavy (non-hydrogen) atoms. The van der Waals surface area contributed by atoms with Crippen LogP contribution in [0.4, 0.5) is 0 Å². The van der Waals surface area contributed by atoms with E-state index in [0.29, 0.717) is 0 Å². The molecule has 0 rings (SSSR count). The molecule has 0 radical (unpaired) electrons. The van der Waals surface area contributed by atoms with Crippen molar-refractivity contribution in [3.05, 3.63) is 0 Å². The summed E-state index contributed by atoms with van der Waals surface area (Å²) in [6, 6.07) is 0. The molecule has 0 aliphatic carbocycles. The Labute approximate surface area is 99.4 Å². The van der Waals surface area contributed by atoms with E-state index >= 15 is 0 Å². The second kappa shape index (κ2) is 16.1. The SMILES string of the molecule is CCCCP(O)CCCC.[Cl][Ir][Cl]. The van der Waals surface area contributed by atoms with Gasteiger partial charge in [0, 0.05) is 8.15 Å². The Morgan fingerprint density at radius 2 is 1.38 bits per heavy atom. The van der Waals surface area contributed by atoms with E-state index in [-0.39, 0.29) is 0 Å². The first-order valence-corrected chi connectivity index (χ1v) is 12.1. The van der Waals surface area contributed by atoms with Crippen LogP contribution in [0.1, 0.15) is 39.5 Å². The molecule has 0 aromatic rings. The van der Waals surface area contributed by atoms with Gasteiger partial charge in [0.15, 0.2) is 0 Å². The Kier molecular flexibility index (Phi) is 21.0. The van der Waals surface area contributed by atoms with Gasteiger partial charge in [0.05, 0.1) is 0 Å². The Balaban J connectivity index is 0. The molecule has 85 valence electrons. The van der Waals surface area contributed by atoms with E-state index in [0.717, 1.165) is 12.3 Å². The zero-order chi connectivity index (χ0) is 10.5. The summed E-state index contributed by atoms with van der Waals surface area (Å²) in [6.45, 7) is 4.34. The summed E-state index contributed by atoms with van der Waals surface area (Å²) in [5.74, 6) is 0. The molecule has 0 aromatic carbocycles. The van der Waals surface area contributed by atoms with Crippen LogP contribution < -0.4 is 0 Å². The Morgan fingerprint density at radius 3 is 1.62 bits per heavy atom. The first-order valence-electron chi connectivity index (χ1n) is 4.50. The average molecular weight is 425 g/mol. The van der Waals surface area contributed by atoms with Crippen molar-refractivity contribution in [2.24, 2.45) is 0 Å². The molecule has 0 atom stereocenters. The molecular formula is C8H19Cl2IrOP. The van der Waals surface area contributed by atoms with E-state index in [4.69, 9.17) is 19.2 Å². The fraction of sp³-hybridized carbons (Fsp3) is 1.00. The Bertz CT molecular complexity index is 80.5. The molecule has 1 N–H and O–H groups in total. The molecule has 0 heterocycles. The molecule has 0 aromatic heterocycles. The standard InChI is InChI=1S/C8H19OP.2ClH.Ir/c1-3-5-7-10(9)8-6-4-2;;;/h9H,3-8H2,1-2H3;2*1H;/q;;;+2/p-2. The third-order valence-electron chi connectivity index (χ3n) is 1.54. The van der Waals surface area contributed by atoms with Crippen LogP contribution in [0, 0.1) is 0 Å². The van der Waals surface area contributed by atoms with E-state index in [1.165, 1.54) is 25.7 Å². The van der Waals surface area contributed by atoms with Crippen molar-refractivity contribution in [2.45, 2.75) is 39.5 Å². The number of hydrogen-bond acceptors (Lipinski definition) is 1. The van der Waals surface area contributed by atoms with Crippen molar-refractivity contribution < 1.29 is 20.6 Å². The molecule has 0 bridgehead atoms. The zero-order valence-corrected chi connectivity index (χ0v) is 13.0. The van der Waals surface area contributed by atoms with Crippen LogP contribution in [0.15, 0.2) is 0 Å². The summed E-state index contributed by atoms with van der Waals surface area (Å²) in [5.41, 5.74) is 0. The van der Waals surface area contributed by atoms with Gasteiger partial charge in [-0.05, 0) is 25.2 Å². The molecule has 0 fully saturated rings. The summed E-state index contributed by atoms with van der Waals surface area (Å²) in [5, 5.41) is 0. The van der Waals surface area contributed by atoms with Gasteiger partial charge in [-0.15, -0.1) is 0 Å². The summed E-state index contributed by atoms with van der Waals surface area (Å²) >= 11 is -0.556. The Hall–Kier alpha value is 1.62. The average Bonchev–Trinajstić information content (AvgIpc) is 2.12. The number of halogens is 2. The molecule has 0 spiro atoms. The van der Waals surface area contributed by atoms with E-state index in [1.807, 2.05) is 0 Å². The summed E-state index contributed by atoms with van der Waals surface area (Å²) < 4.78 is 0. The summed E-state index contributed by atoms with van der Waals surface area (Å²) in [6.07, 6.45) is 6.95. The number of hydrogen-bond donors (Lipinski definition) is 1. The van der Waals surface area contributed by atoms with Crippen LogP contribution in [-0.2, 0) is 15.7 Å². The van der Waals surface area contributed by atoms with Crippen LogP contribution in [0.2, 0.25) is 0 Å². The minimum absolute atomic E-state index is 0.556. The van der Waals surface area contributed by atoms with Gasteiger partial charge in [-0.3, -0.25) is 0 Å². The van der Waals surface area contributed by atoms with Gasteiger partial charge >= 0.3 is 34.8 Å². The second-order valence-electron chi connectivity index (χ2n) is 2.71. The number of rotatable bonds is 6. The molecule has 0 amide bonds. The van der Waals surface area contributed by atoms with Crippen LogP contribution >= 0.6 is 27.3 Å². The predicted octanol–water partition coefficient (Wildman–Crippen LogP) is 4.35. The van der Waals surface area contributed by atoms with Gasteiger partial charge < -0.3 is 4.89 Å². The topological polar surface area (TPSA) is 20.2 Å². The van der Waals surface area contributed by atoms with E-state index in [2.05, 4.69) is 13.8 Å². The third kappa shape index (κ3) is 19.9. The van der Waals surface area contributed by atoms with E-state index in [9.17, 15) is 4.89 Å². The zero-order valence-electron chi connectivity index (χ0n) is 8.23. The maximum absolute atomic E-state index is 9.38. The van der Waals surface area contributed by atoms with Crippen LogP contribution in [0.25, 0.3) is 0 Å². The fourth-order valence-electron chi connectivity index (χ4n) is 0.793. The second-order valence-corrected chi connectivity index (χ2v) is 8.08. The van der Waals surface area contributed by atoms with Crippen molar-refractivity contribution in [1.82, 2.24) is 0 Å². The molecule has 5 heteroatoms. The molecule has 0 saturated carbocycles. The first kappa shape index (κ1) is 17.0. The van der Waals surface area contributed by atoms with Gasteiger partial charge in [-0.1, -0.05) is 26.7 Å². The Morgan fingerprint density at radius 1 is 1.08 bits per heavy atom. The normalized spacial score (nSPS) is 10.0. The van der Waals surface area contributed by atoms with Crippen molar-refractivity contribution in [1.29, 1.82) is 0 Å². The molecule has 0 saturated heterocycles. The molecule has 0 unspecified atom stereocenters. The van der Waals surface area contributed by atoms with Gasteiger partial charge in [-0.2, -0.15) is 0 Å². The van der Waals surface area contributed by atoms with Crippen molar-refractivity contribution in [3.63, 3.8) is 0 Å². The van der Waals surface area contributed by atoms with Crippen molar-refractivity contribution in [2.75, 3.05) is 12.3 Å². The van der Waals surface area contributed by atoms with Gasteiger partial charge in [0.25, 0.3) is 0 Å². The van der Waals surface area contributed by atoms with E-state index in [1.54, 1.807) is 0 Å². The van der Waals surface area contributed by atoms with Gasteiger partial charge in [0.1, 0.15) is 0 Å². The first-order chi connectivity index (χ1) is 6.22. The molecule has 0 aliphatic heterocycles. The summed E-state index contributed by atoms with van der Waals surface area (Å²) in [7, 11) is 9.19. The van der Waals surface area contributed by atoms with Crippen LogP contribution in [-0.4, -0.2) is 17.2 Å². The minimum atomic E-state index is -0.592. The van der Waals surface area contributed by atoms with Gasteiger partial charge in [-0.25, -0.2) is 0 Å². The van der Waals surface area contributed by atoms with Gasteiger partial charge in [0.2, 0.25) is 0 Å². The number of unbranched alkanes of at least 4 members (excludes halogenated alkanes) is 2. The van der Waals surface area contributed by atoms with Crippen molar-refractivity contribution in [3.8, 4) is 0 Å². The van der Waals surface area contributed by atoms with Crippen LogP contribution in [0.3, 0.4) is 0 Å². The predicted molar refractivity (Wildman–Crippen MR) is 60.4 cm³/mol. The molecular weight excluding hydrogens is 406 g/mol. The third-order valence-corrected chi connectivity index (χ3v) is 3.20. The quantitative estimate of drug-likeness (QED) is 0.628.